The number of piperidine rings is 1. The summed E-state index contributed by atoms with van der Waals surface area (Å²) in [5.74, 6) is 1.12. The summed E-state index contributed by atoms with van der Waals surface area (Å²) in [5, 5.41) is 7.39. The van der Waals surface area contributed by atoms with Gasteiger partial charge >= 0.3 is 0 Å². The van der Waals surface area contributed by atoms with Crippen LogP contribution in [0.25, 0.3) is 11.3 Å². The molecule has 1 amide bonds. The number of nitrogens with zero attached hydrogens (tertiary/aromatic N) is 1. The molecule has 0 spiro atoms. The van der Waals surface area contributed by atoms with Crippen molar-refractivity contribution in [1.29, 1.82) is 0 Å². The number of oxazole rings is 1. The van der Waals surface area contributed by atoms with Crippen LogP contribution in [0, 0.1) is 0 Å². The molecule has 1 atom stereocenters. The zero-order valence-electron chi connectivity index (χ0n) is 13.1. The first kappa shape index (κ1) is 17.3. The molecule has 0 unspecified atom stereocenters. The summed E-state index contributed by atoms with van der Waals surface area (Å²) < 4.78 is 5.70. The minimum absolute atomic E-state index is 0.0213. The second kappa shape index (κ2) is 8.01. The van der Waals surface area contributed by atoms with Crippen molar-refractivity contribution < 1.29 is 9.21 Å². The predicted octanol–water partition coefficient (Wildman–Crippen LogP) is 3.45. The summed E-state index contributed by atoms with van der Waals surface area (Å²) in [6.45, 7) is 1.86. The van der Waals surface area contributed by atoms with Gasteiger partial charge in [-0.25, -0.2) is 4.98 Å². The maximum atomic E-state index is 12.0. The van der Waals surface area contributed by atoms with Gasteiger partial charge in [0.05, 0.1) is 11.2 Å². The first-order valence-electron chi connectivity index (χ1n) is 8.02. The molecule has 7 heteroatoms. The van der Waals surface area contributed by atoms with Crippen molar-refractivity contribution in [3.05, 3.63) is 40.3 Å². The van der Waals surface area contributed by atoms with Gasteiger partial charge in [0.1, 0.15) is 0 Å². The van der Waals surface area contributed by atoms with Crippen molar-refractivity contribution in [3.63, 3.8) is 0 Å². The van der Waals surface area contributed by atoms with E-state index in [1.807, 2.05) is 0 Å². The van der Waals surface area contributed by atoms with Crippen molar-refractivity contribution >= 4 is 29.1 Å². The monoisotopic (exact) mass is 367 g/mol. The van der Waals surface area contributed by atoms with E-state index in [1.165, 1.54) is 0 Å². The van der Waals surface area contributed by atoms with E-state index in [0.717, 1.165) is 31.5 Å². The van der Waals surface area contributed by atoms with E-state index >= 15 is 0 Å². The molecule has 128 valence electrons. The second-order valence-electron chi connectivity index (χ2n) is 5.85. The molecule has 1 aromatic heterocycles. The summed E-state index contributed by atoms with van der Waals surface area (Å²) >= 11 is 12.1. The number of carbonyl (C=O) groups excluding carboxylic acids is 1. The number of hydrogen-bond acceptors (Lipinski definition) is 4. The van der Waals surface area contributed by atoms with Crippen molar-refractivity contribution in [1.82, 2.24) is 15.6 Å². The minimum Gasteiger partial charge on any atom is -0.441 e. The molecule has 1 fully saturated rings. The molecular formula is C17H19Cl2N3O2. The fraction of sp³-hybridized carbons (Fsp3) is 0.412. The van der Waals surface area contributed by atoms with Crippen LogP contribution in [-0.4, -0.2) is 30.0 Å². The fourth-order valence-corrected chi connectivity index (χ4v) is 3.24. The van der Waals surface area contributed by atoms with Gasteiger partial charge in [0.15, 0.2) is 11.7 Å². The Hall–Kier alpha value is -1.56. The lowest BCUT2D eigenvalue weighted by Crippen LogP contribution is -2.45. The number of aryl methyl sites for hydroxylation is 1. The zero-order chi connectivity index (χ0) is 16.9. The lowest BCUT2D eigenvalue weighted by atomic mass is 10.1. The normalized spacial score (nSPS) is 17.7. The molecule has 24 heavy (non-hydrogen) atoms. The Morgan fingerprint density at radius 2 is 2.29 bits per heavy atom. The van der Waals surface area contributed by atoms with Gasteiger partial charge in [-0.2, -0.15) is 0 Å². The minimum atomic E-state index is 0.0213. The largest absolute Gasteiger partial charge is 0.441 e. The van der Waals surface area contributed by atoms with Gasteiger partial charge < -0.3 is 15.1 Å². The van der Waals surface area contributed by atoms with E-state index < -0.39 is 0 Å². The maximum Gasteiger partial charge on any atom is 0.220 e. The molecule has 2 aromatic rings. The van der Waals surface area contributed by atoms with Gasteiger partial charge in [-0.15, -0.1) is 0 Å². The van der Waals surface area contributed by atoms with Crippen molar-refractivity contribution in [3.8, 4) is 11.3 Å². The van der Waals surface area contributed by atoms with Crippen LogP contribution in [0.5, 0.6) is 0 Å². The number of rotatable bonds is 5. The summed E-state index contributed by atoms with van der Waals surface area (Å²) in [7, 11) is 0. The Balaban J connectivity index is 1.55. The highest BCUT2D eigenvalue weighted by Crippen LogP contribution is 2.30. The number of carbonyl (C=O) groups is 1. The number of halogens is 2. The van der Waals surface area contributed by atoms with E-state index in [2.05, 4.69) is 15.6 Å². The molecule has 1 saturated heterocycles. The van der Waals surface area contributed by atoms with Gasteiger partial charge in [-0.05, 0) is 37.6 Å². The summed E-state index contributed by atoms with van der Waals surface area (Å²) in [6.07, 6.45) is 4.54. The third-order valence-corrected chi connectivity index (χ3v) is 4.53. The molecule has 1 aliphatic rings. The summed E-state index contributed by atoms with van der Waals surface area (Å²) in [6, 6.07) is 5.42. The molecular weight excluding hydrogens is 349 g/mol. The summed E-state index contributed by atoms with van der Waals surface area (Å²) in [4.78, 5) is 16.2. The molecule has 0 saturated carbocycles. The Bertz CT molecular complexity index is 712. The van der Waals surface area contributed by atoms with Gasteiger partial charge in [0, 0.05) is 36.0 Å². The smallest absolute Gasteiger partial charge is 0.220 e. The van der Waals surface area contributed by atoms with Crippen LogP contribution in [0.3, 0.4) is 0 Å². The van der Waals surface area contributed by atoms with Crippen LogP contribution < -0.4 is 10.6 Å². The van der Waals surface area contributed by atoms with Crippen LogP contribution in [0.15, 0.2) is 28.8 Å². The van der Waals surface area contributed by atoms with E-state index in [1.54, 1.807) is 24.4 Å². The molecule has 0 aliphatic carbocycles. The second-order valence-corrected chi connectivity index (χ2v) is 6.70. The Morgan fingerprint density at radius 1 is 1.42 bits per heavy atom. The van der Waals surface area contributed by atoms with Crippen molar-refractivity contribution in [2.75, 3.05) is 13.1 Å². The number of nitrogens with one attached hydrogen (secondary N) is 2. The first-order valence-corrected chi connectivity index (χ1v) is 8.77. The Morgan fingerprint density at radius 3 is 3.04 bits per heavy atom. The summed E-state index contributed by atoms with van der Waals surface area (Å²) in [5.41, 5.74) is 0.734. The highest BCUT2D eigenvalue weighted by atomic mass is 35.5. The van der Waals surface area contributed by atoms with E-state index in [-0.39, 0.29) is 11.9 Å². The van der Waals surface area contributed by atoms with Gasteiger partial charge in [0.25, 0.3) is 0 Å². The molecule has 0 bridgehead atoms. The lowest BCUT2D eigenvalue weighted by Gasteiger charge is -2.23. The fourth-order valence-electron chi connectivity index (χ4n) is 2.73. The van der Waals surface area contributed by atoms with Gasteiger partial charge in [-0.3, -0.25) is 4.79 Å². The molecule has 0 radical (unpaired) electrons. The van der Waals surface area contributed by atoms with Gasteiger partial charge in [-0.1, -0.05) is 23.2 Å². The lowest BCUT2D eigenvalue weighted by molar-refractivity contribution is -0.121. The molecule has 1 aromatic carbocycles. The number of hydrogen-bond donors (Lipinski definition) is 2. The average Bonchev–Trinajstić information content (AvgIpc) is 3.02. The number of aromatic nitrogens is 1. The average molecular weight is 368 g/mol. The third kappa shape index (κ3) is 4.50. The highest BCUT2D eigenvalue weighted by molar-refractivity contribution is 6.36. The number of benzene rings is 1. The highest BCUT2D eigenvalue weighted by Gasteiger charge is 2.16. The van der Waals surface area contributed by atoms with Crippen LogP contribution in [0.1, 0.15) is 25.2 Å². The molecule has 3 rings (SSSR count). The third-order valence-electron chi connectivity index (χ3n) is 3.98. The molecule has 2 heterocycles. The van der Waals surface area contributed by atoms with Crippen molar-refractivity contribution in [2.45, 2.75) is 31.7 Å². The first-order chi connectivity index (χ1) is 11.6. The Kier molecular flexibility index (Phi) is 5.76. The maximum absolute atomic E-state index is 12.0. The van der Waals surface area contributed by atoms with Crippen molar-refractivity contribution in [2.24, 2.45) is 0 Å². The van der Waals surface area contributed by atoms with Crippen LogP contribution in [0.4, 0.5) is 0 Å². The SMILES string of the molecule is O=C(CCc1ncc(-c2ccc(Cl)cc2Cl)o1)N[C@H]1CCCNC1. The zero-order valence-corrected chi connectivity index (χ0v) is 14.7. The molecule has 5 nitrogen and oxygen atoms in total. The van der Waals surface area contributed by atoms with Crippen LogP contribution in [0.2, 0.25) is 10.0 Å². The van der Waals surface area contributed by atoms with Crippen LogP contribution >= 0.6 is 23.2 Å². The topological polar surface area (TPSA) is 67.2 Å². The van der Waals surface area contributed by atoms with E-state index in [0.29, 0.717) is 34.5 Å². The van der Waals surface area contributed by atoms with E-state index in [4.69, 9.17) is 27.6 Å². The number of amides is 1. The predicted molar refractivity (Wildman–Crippen MR) is 94.3 cm³/mol. The van der Waals surface area contributed by atoms with Gasteiger partial charge in [0.2, 0.25) is 5.91 Å². The quantitative estimate of drug-likeness (QED) is 0.848. The van der Waals surface area contributed by atoms with Crippen LogP contribution in [-0.2, 0) is 11.2 Å². The standard InChI is InChI=1S/C17H19Cl2N3O2/c18-11-3-4-13(14(19)8-11)15-10-21-17(24-15)6-5-16(23)22-12-2-1-7-20-9-12/h3-4,8,10,12,20H,1-2,5-7,9H2,(H,22,23)/t12-/m0/s1. The Labute approximate surface area is 150 Å². The van der Waals surface area contributed by atoms with E-state index in [9.17, 15) is 4.79 Å². The molecule has 2 N–H and O–H groups in total. The molecule has 1 aliphatic heterocycles.